The van der Waals surface area contributed by atoms with Crippen molar-refractivity contribution in [3.05, 3.63) is 36.0 Å². The molecule has 2 rings (SSSR count). The summed E-state index contributed by atoms with van der Waals surface area (Å²) in [4.78, 5) is 4.43. The lowest BCUT2D eigenvalue weighted by molar-refractivity contribution is 0.891. The van der Waals surface area contributed by atoms with Crippen LogP contribution in [0.1, 0.15) is 19.4 Å². The first-order valence-electron chi connectivity index (χ1n) is 5.55. The van der Waals surface area contributed by atoms with Gasteiger partial charge in [0.05, 0.1) is 0 Å². The van der Waals surface area contributed by atoms with Crippen LogP contribution in [-0.4, -0.2) is 11.0 Å². The van der Waals surface area contributed by atoms with E-state index in [4.69, 9.17) is 5.73 Å². The molecular weight excluding hydrogens is 198 g/mol. The zero-order valence-corrected chi connectivity index (χ0v) is 9.70. The number of hydrogen-bond acceptors (Lipinski definition) is 3. The highest BCUT2D eigenvalue weighted by Gasteiger charge is 2.06. The Labute approximate surface area is 95.7 Å². The van der Waals surface area contributed by atoms with Crippen molar-refractivity contribution in [2.75, 3.05) is 5.32 Å². The lowest BCUT2D eigenvalue weighted by atomic mass is 10.1. The molecule has 1 aromatic heterocycles. The molecule has 0 radical (unpaired) electrons. The lowest BCUT2D eigenvalue weighted by Crippen LogP contribution is -2.12. The van der Waals surface area contributed by atoms with E-state index in [9.17, 15) is 0 Å². The summed E-state index contributed by atoms with van der Waals surface area (Å²) >= 11 is 0. The molecule has 0 bridgehead atoms. The fraction of sp³-hybridized carbons (Fsp3) is 0.308. The number of fused-ring (bicyclic) bond motifs is 1. The van der Waals surface area contributed by atoms with E-state index in [-0.39, 0.29) is 0 Å². The zero-order chi connectivity index (χ0) is 11.5. The average molecular weight is 215 g/mol. The molecule has 3 heteroatoms. The fourth-order valence-electron chi connectivity index (χ4n) is 1.80. The van der Waals surface area contributed by atoms with E-state index in [1.54, 1.807) is 0 Å². The average Bonchev–Trinajstić information content (AvgIpc) is 2.29. The summed E-state index contributed by atoms with van der Waals surface area (Å²) in [6.45, 7) is 4.73. The molecule has 0 saturated heterocycles. The van der Waals surface area contributed by atoms with E-state index in [0.29, 0.717) is 12.6 Å². The maximum atomic E-state index is 5.71. The molecule has 0 saturated carbocycles. The Morgan fingerprint density at radius 1 is 1.25 bits per heavy atom. The van der Waals surface area contributed by atoms with Gasteiger partial charge >= 0.3 is 0 Å². The summed E-state index contributed by atoms with van der Waals surface area (Å²) in [6.07, 6.45) is 1.85. The molecule has 0 amide bonds. The van der Waals surface area contributed by atoms with Gasteiger partial charge in [0.2, 0.25) is 0 Å². The molecule has 1 heterocycles. The van der Waals surface area contributed by atoms with Crippen LogP contribution in [0.2, 0.25) is 0 Å². The van der Waals surface area contributed by atoms with Crippen LogP contribution in [0.5, 0.6) is 0 Å². The number of nitrogens with two attached hydrogens (primary N) is 1. The Kier molecular flexibility index (Phi) is 3.06. The number of hydrogen-bond donors (Lipinski definition) is 2. The Balaban J connectivity index is 2.60. The summed E-state index contributed by atoms with van der Waals surface area (Å²) in [5.41, 5.74) is 6.79. The van der Waals surface area contributed by atoms with Crippen molar-refractivity contribution in [3.63, 3.8) is 0 Å². The maximum Gasteiger partial charge on any atom is 0.134 e. The van der Waals surface area contributed by atoms with Crippen molar-refractivity contribution in [2.24, 2.45) is 5.73 Å². The van der Waals surface area contributed by atoms with Crippen LogP contribution < -0.4 is 11.1 Å². The third-order valence-corrected chi connectivity index (χ3v) is 2.52. The number of rotatable bonds is 3. The molecular formula is C13H17N3. The maximum absolute atomic E-state index is 5.71. The Morgan fingerprint density at radius 2 is 1.94 bits per heavy atom. The van der Waals surface area contributed by atoms with Crippen LogP contribution in [0.3, 0.4) is 0 Å². The van der Waals surface area contributed by atoms with E-state index in [2.05, 4.69) is 36.3 Å². The van der Waals surface area contributed by atoms with E-state index >= 15 is 0 Å². The molecule has 3 nitrogen and oxygen atoms in total. The van der Waals surface area contributed by atoms with E-state index in [1.807, 2.05) is 18.3 Å². The van der Waals surface area contributed by atoms with E-state index in [0.717, 1.165) is 16.8 Å². The van der Waals surface area contributed by atoms with Crippen molar-refractivity contribution < 1.29 is 0 Å². The highest BCUT2D eigenvalue weighted by molar-refractivity contribution is 5.94. The van der Waals surface area contributed by atoms with Crippen molar-refractivity contribution >= 4 is 16.6 Å². The van der Waals surface area contributed by atoms with Gasteiger partial charge in [0.25, 0.3) is 0 Å². The number of anilines is 1. The van der Waals surface area contributed by atoms with Crippen molar-refractivity contribution in [2.45, 2.75) is 26.4 Å². The minimum atomic E-state index is 0.375. The van der Waals surface area contributed by atoms with Crippen LogP contribution in [0.25, 0.3) is 10.8 Å². The van der Waals surface area contributed by atoms with Crippen molar-refractivity contribution in [3.8, 4) is 0 Å². The normalized spacial score (nSPS) is 11.0. The molecule has 2 aromatic rings. The second-order valence-corrected chi connectivity index (χ2v) is 4.18. The second-order valence-electron chi connectivity index (χ2n) is 4.18. The van der Waals surface area contributed by atoms with Crippen LogP contribution >= 0.6 is 0 Å². The molecule has 84 valence electrons. The first-order chi connectivity index (χ1) is 7.72. The second kappa shape index (κ2) is 4.49. The van der Waals surface area contributed by atoms with Crippen LogP contribution in [0.15, 0.2) is 30.5 Å². The van der Waals surface area contributed by atoms with Crippen molar-refractivity contribution in [1.29, 1.82) is 0 Å². The SMILES string of the molecule is CC(C)Nc1ncc(CN)c2ccccc12. The molecule has 0 unspecified atom stereocenters. The quantitative estimate of drug-likeness (QED) is 0.827. The lowest BCUT2D eigenvalue weighted by Gasteiger charge is -2.13. The first-order valence-corrected chi connectivity index (χ1v) is 5.55. The van der Waals surface area contributed by atoms with Gasteiger partial charge in [-0.3, -0.25) is 0 Å². The fourth-order valence-corrected chi connectivity index (χ4v) is 1.80. The molecule has 0 aliphatic carbocycles. The standard InChI is InChI=1S/C13H17N3/c1-9(2)16-13-12-6-4-3-5-11(12)10(7-14)8-15-13/h3-6,8-9H,7,14H2,1-2H3,(H,15,16). The van der Waals surface area contributed by atoms with Gasteiger partial charge in [-0.2, -0.15) is 0 Å². The Hall–Kier alpha value is -1.61. The summed E-state index contributed by atoms with van der Waals surface area (Å²) in [5.74, 6) is 0.933. The number of nitrogens with zero attached hydrogens (tertiary/aromatic N) is 1. The molecule has 3 N–H and O–H groups in total. The third-order valence-electron chi connectivity index (χ3n) is 2.52. The smallest absolute Gasteiger partial charge is 0.134 e. The van der Waals surface area contributed by atoms with Gasteiger partial charge in [-0.15, -0.1) is 0 Å². The van der Waals surface area contributed by atoms with Gasteiger partial charge in [0, 0.05) is 24.2 Å². The zero-order valence-electron chi connectivity index (χ0n) is 9.70. The first kappa shape index (κ1) is 10.9. The van der Waals surface area contributed by atoms with Gasteiger partial charge in [0.15, 0.2) is 0 Å². The summed E-state index contributed by atoms with van der Waals surface area (Å²) < 4.78 is 0. The monoisotopic (exact) mass is 215 g/mol. The Morgan fingerprint density at radius 3 is 2.56 bits per heavy atom. The predicted octanol–water partition coefficient (Wildman–Crippen LogP) is 2.51. The minimum absolute atomic E-state index is 0.375. The predicted molar refractivity (Wildman–Crippen MR) is 68.4 cm³/mol. The van der Waals surface area contributed by atoms with E-state index in [1.165, 1.54) is 5.39 Å². The van der Waals surface area contributed by atoms with Crippen LogP contribution in [0, 0.1) is 0 Å². The molecule has 0 fully saturated rings. The number of nitrogens with one attached hydrogen (secondary N) is 1. The summed E-state index contributed by atoms with van der Waals surface area (Å²) in [7, 11) is 0. The van der Waals surface area contributed by atoms with Crippen molar-refractivity contribution in [1.82, 2.24) is 4.98 Å². The van der Waals surface area contributed by atoms with Gasteiger partial charge in [0.1, 0.15) is 5.82 Å². The van der Waals surface area contributed by atoms with Crippen LogP contribution in [0.4, 0.5) is 5.82 Å². The van der Waals surface area contributed by atoms with Gasteiger partial charge in [-0.25, -0.2) is 4.98 Å². The largest absolute Gasteiger partial charge is 0.367 e. The topological polar surface area (TPSA) is 50.9 Å². The van der Waals surface area contributed by atoms with Gasteiger partial charge in [-0.05, 0) is 24.8 Å². The number of benzene rings is 1. The van der Waals surface area contributed by atoms with Crippen LogP contribution in [-0.2, 0) is 6.54 Å². The minimum Gasteiger partial charge on any atom is -0.367 e. The molecule has 0 spiro atoms. The molecule has 1 aromatic carbocycles. The third kappa shape index (κ3) is 1.99. The summed E-state index contributed by atoms with van der Waals surface area (Å²) in [5, 5.41) is 5.67. The highest BCUT2D eigenvalue weighted by atomic mass is 15.0. The number of aromatic nitrogens is 1. The summed E-state index contributed by atoms with van der Waals surface area (Å²) in [6, 6.07) is 8.59. The molecule has 0 aliphatic rings. The number of pyridine rings is 1. The van der Waals surface area contributed by atoms with Gasteiger partial charge in [-0.1, -0.05) is 24.3 Å². The highest BCUT2D eigenvalue weighted by Crippen LogP contribution is 2.24. The molecule has 16 heavy (non-hydrogen) atoms. The molecule has 0 aliphatic heterocycles. The van der Waals surface area contributed by atoms with Gasteiger partial charge < -0.3 is 11.1 Å². The molecule has 0 atom stereocenters. The van der Waals surface area contributed by atoms with E-state index < -0.39 is 0 Å². The Bertz CT molecular complexity index is 492.